The number of esters is 3. The molecule has 0 fully saturated rings. The molecule has 0 atom stereocenters. The van der Waals surface area contributed by atoms with Gasteiger partial charge in [-0.3, -0.25) is 14.4 Å². The van der Waals surface area contributed by atoms with Gasteiger partial charge in [0.1, 0.15) is 5.02 Å². The van der Waals surface area contributed by atoms with Crippen molar-refractivity contribution in [2.24, 2.45) is 0 Å². The maximum absolute atomic E-state index is 11.1. The molecule has 0 saturated heterocycles. The predicted molar refractivity (Wildman–Crippen MR) is 70.4 cm³/mol. The summed E-state index contributed by atoms with van der Waals surface area (Å²) in [6.45, 7) is 3.43. The van der Waals surface area contributed by atoms with Gasteiger partial charge in [-0.05, 0) is 0 Å². The molecule has 0 bridgehead atoms. The number of ether oxygens (including phenoxy) is 3. The number of hydrogen-bond acceptors (Lipinski definition) is 6. The van der Waals surface area contributed by atoms with Gasteiger partial charge in [0.2, 0.25) is 0 Å². The number of rotatable bonds is 3. The summed E-state index contributed by atoms with van der Waals surface area (Å²) in [7, 11) is 0. The minimum atomic E-state index is -0.712. The molecule has 0 aliphatic rings. The number of carbonyl (C=O) groups is 3. The van der Waals surface area contributed by atoms with E-state index in [4.69, 9.17) is 37.4 Å². The quantitative estimate of drug-likeness (QED) is 0.629. The van der Waals surface area contributed by atoms with Gasteiger partial charge in [-0.15, -0.1) is 0 Å². The molecule has 0 aromatic heterocycles. The molecule has 6 nitrogen and oxygen atoms in total. The summed E-state index contributed by atoms with van der Waals surface area (Å²) >= 11 is 11.9. The van der Waals surface area contributed by atoms with Crippen LogP contribution in [-0.4, -0.2) is 17.9 Å². The first-order valence-corrected chi connectivity index (χ1v) is 6.05. The Kier molecular flexibility index (Phi) is 5.35. The van der Waals surface area contributed by atoms with Gasteiger partial charge in [-0.25, -0.2) is 0 Å². The van der Waals surface area contributed by atoms with Gasteiger partial charge >= 0.3 is 17.9 Å². The molecule has 0 N–H and O–H groups in total. The van der Waals surface area contributed by atoms with Crippen molar-refractivity contribution in [1.82, 2.24) is 0 Å². The molecule has 1 aromatic rings. The Morgan fingerprint density at radius 1 is 0.850 bits per heavy atom. The predicted octanol–water partition coefficient (Wildman–Crippen LogP) is 2.77. The second-order valence-corrected chi connectivity index (χ2v) is 4.39. The second-order valence-electron chi connectivity index (χ2n) is 3.61. The van der Waals surface area contributed by atoms with E-state index in [-0.39, 0.29) is 27.3 Å². The van der Waals surface area contributed by atoms with E-state index < -0.39 is 17.9 Å². The van der Waals surface area contributed by atoms with E-state index in [1.165, 1.54) is 6.07 Å². The van der Waals surface area contributed by atoms with Crippen LogP contribution in [0.3, 0.4) is 0 Å². The Labute approximate surface area is 124 Å². The lowest BCUT2D eigenvalue weighted by Crippen LogP contribution is -2.09. The first-order chi connectivity index (χ1) is 9.22. The topological polar surface area (TPSA) is 78.9 Å². The van der Waals surface area contributed by atoms with Crippen molar-refractivity contribution in [2.45, 2.75) is 20.8 Å². The number of hydrogen-bond donors (Lipinski definition) is 0. The van der Waals surface area contributed by atoms with Crippen LogP contribution in [0.2, 0.25) is 10.0 Å². The summed E-state index contributed by atoms with van der Waals surface area (Å²) in [5.41, 5.74) is 0. The molecule has 0 aliphatic heterocycles. The SMILES string of the molecule is CC(=O)Oc1cc(Cl)c(OC(C)=O)c(OC(C)=O)c1Cl. The molecule has 8 heteroatoms. The van der Waals surface area contributed by atoms with Gasteiger partial charge in [0.15, 0.2) is 17.2 Å². The van der Waals surface area contributed by atoms with Gasteiger partial charge < -0.3 is 14.2 Å². The Morgan fingerprint density at radius 2 is 1.30 bits per heavy atom. The van der Waals surface area contributed by atoms with Crippen molar-refractivity contribution in [1.29, 1.82) is 0 Å². The molecular formula is C12H10Cl2O6. The van der Waals surface area contributed by atoms with Gasteiger partial charge in [-0.2, -0.15) is 0 Å². The largest absolute Gasteiger partial charge is 0.425 e. The molecule has 0 heterocycles. The average molecular weight is 321 g/mol. The third kappa shape index (κ3) is 4.11. The van der Waals surface area contributed by atoms with Crippen LogP contribution >= 0.6 is 23.2 Å². The highest BCUT2D eigenvalue weighted by Crippen LogP contribution is 2.46. The van der Waals surface area contributed by atoms with Crippen molar-refractivity contribution in [3.05, 3.63) is 16.1 Å². The number of carbonyl (C=O) groups excluding carboxylic acids is 3. The van der Waals surface area contributed by atoms with E-state index in [0.717, 1.165) is 20.8 Å². The molecule has 1 aromatic carbocycles. The Balaban J connectivity index is 3.43. The fraction of sp³-hybridized carbons (Fsp3) is 0.250. The van der Waals surface area contributed by atoms with Crippen LogP contribution in [0.25, 0.3) is 0 Å². The van der Waals surface area contributed by atoms with Crippen LogP contribution in [0.1, 0.15) is 20.8 Å². The second kappa shape index (κ2) is 6.58. The summed E-state index contributed by atoms with van der Waals surface area (Å²) in [4.78, 5) is 33.1. The van der Waals surface area contributed by atoms with E-state index in [1.807, 2.05) is 0 Å². The highest BCUT2D eigenvalue weighted by molar-refractivity contribution is 6.37. The normalized spacial score (nSPS) is 9.85. The van der Waals surface area contributed by atoms with Crippen LogP contribution in [0.4, 0.5) is 0 Å². The third-order valence-electron chi connectivity index (χ3n) is 1.84. The third-order valence-corrected chi connectivity index (χ3v) is 2.48. The zero-order valence-electron chi connectivity index (χ0n) is 10.8. The van der Waals surface area contributed by atoms with Crippen molar-refractivity contribution >= 4 is 41.1 Å². The van der Waals surface area contributed by atoms with E-state index >= 15 is 0 Å². The molecule has 0 radical (unpaired) electrons. The van der Waals surface area contributed by atoms with Crippen molar-refractivity contribution in [3.63, 3.8) is 0 Å². The van der Waals surface area contributed by atoms with Gasteiger partial charge in [0, 0.05) is 26.8 Å². The average Bonchev–Trinajstić information content (AvgIpc) is 2.28. The highest BCUT2D eigenvalue weighted by Gasteiger charge is 2.23. The zero-order chi connectivity index (χ0) is 15.4. The summed E-state index contributed by atoms with van der Waals surface area (Å²) in [5.74, 6) is -2.67. The number of benzene rings is 1. The minimum absolute atomic E-state index is 0.0999. The summed E-state index contributed by atoms with van der Waals surface area (Å²) in [5, 5.41) is -0.312. The van der Waals surface area contributed by atoms with Crippen LogP contribution in [-0.2, 0) is 14.4 Å². The summed E-state index contributed by atoms with van der Waals surface area (Å²) in [6.07, 6.45) is 0. The molecule has 1 rings (SSSR count). The smallest absolute Gasteiger partial charge is 0.308 e. The molecular weight excluding hydrogens is 311 g/mol. The first kappa shape index (κ1) is 16.3. The molecule has 0 amide bonds. The van der Waals surface area contributed by atoms with Crippen molar-refractivity contribution in [2.75, 3.05) is 0 Å². The summed E-state index contributed by atoms with van der Waals surface area (Å²) < 4.78 is 14.5. The minimum Gasteiger partial charge on any atom is -0.425 e. The van der Waals surface area contributed by atoms with Gasteiger partial charge in [0.25, 0.3) is 0 Å². The van der Waals surface area contributed by atoms with Crippen molar-refractivity contribution in [3.8, 4) is 17.2 Å². The van der Waals surface area contributed by atoms with Gasteiger partial charge in [0.05, 0.1) is 5.02 Å². The summed E-state index contributed by atoms with van der Waals surface area (Å²) in [6, 6.07) is 1.18. The maximum atomic E-state index is 11.1. The fourth-order valence-corrected chi connectivity index (χ4v) is 1.71. The molecule has 0 unspecified atom stereocenters. The maximum Gasteiger partial charge on any atom is 0.308 e. The fourth-order valence-electron chi connectivity index (χ4n) is 1.27. The molecule has 0 spiro atoms. The molecule has 20 heavy (non-hydrogen) atoms. The lowest BCUT2D eigenvalue weighted by Gasteiger charge is -2.14. The van der Waals surface area contributed by atoms with E-state index in [0.29, 0.717) is 0 Å². The molecule has 0 saturated carbocycles. The van der Waals surface area contributed by atoms with E-state index in [1.54, 1.807) is 0 Å². The van der Waals surface area contributed by atoms with Crippen LogP contribution in [0, 0.1) is 0 Å². The lowest BCUT2D eigenvalue weighted by atomic mass is 10.3. The molecule has 108 valence electrons. The first-order valence-electron chi connectivity index (χ1n) is 5.29. The molecule has 0 aliphatic carbocycles. The van der Waals surface area contributed by atoms with Crippen LogP contribution < -0.4 is 14.2 Å². The Morgan fingerprint density at radius 3 is 1.75 bits per heavy atom. The lowest BCUT2D eigenvalue weighted by molar-refractivity contribution is -0.134. The Bertz CT molecular complexity index is 582. The van der Waals surface area contributed by atoms with Crippen LogP contribution in [0.15, 0.2) is 6.07 Å². The highest BCUT2D eigenvalue weighted by atomic mass is 35.5. The zero-order valence-corrected chi connectivity index (χ0v) is 12.3. The monoisotopic (exact) mass is 320 g/mol. The van der Waals surface area contributed by atoms with Gasteiger partial charge in [-0.1, -0.05) is 23.2 Å². The van der Waals surface area contributed by atoms with Crippen LogP contribution in [0.5, 0.6) is 17.2 Å². The standard InChI is InChI=1S/C12H10Cl2O6/c1-5(15)18-9-4-8(13)11(19-6(2)16)12(10(9)14)20-7(3)17/h4H,1-3H3. The van der Waals surface area contributed by atoms with Crippen molar-refractivity contribution < 1.29 is 28.6 Å². The van der Waals surface area contributed by atoms with E-state index in [2.05, 4.69) is 0 Å². The number of halogens is 2. The Hall–Kier alpha value is -1.79. The van der Waals surface area contributed by atoms with E-state index in [9.17, 15) is 14.4 Å².